The molecule has 2 aromatic heterocycles. The molecule has 0 saturated carbocycles. The average Bonchev–Trinajstić information content (AvgIpc) is 3.37. The van der Waals surface area contributed by atoms with Crippen molar-refractivity contribution < 1.29 is 9.42 Å². The molecular weight excluding hydrogens is 350 g/mol. The van der Waals surface area contributed by atoms with E-state index in [0.29, 0.717) is 10.8 Å². The van der Waals surface area contributed by atoms with Crippen LogP contribution in [-0.2, 0) is 0 Å². The Labute approximate surface area is 154 Å². The Morgan fingerprint density at radius 2 is 2.08 bits per heavy atom. The second kappa shape index (κ2) is 6.44. The van der Waals surface area contributed by atoms with Crippen molar-refractivity contribution in [1.29, 1.82) is 0 Å². The monoisotopic (exact) mass is 369 g/mol. The fourth-order valence-electron chi connectivity index (χ4n) is 3.92. The lowest BCUT2D eigenvalue weighted by Crippen LogP contribution is -2.51. The van der Waals surface area contributed by atoms with E-state index in [2.05, 4.69) is 31.2 Å². The second-order valence-corrected chi connectivity index (χ2v) is 8.15. The summed E-state index contributed by atoms with van der Waals surface area (Å²) in [7, 11) is 0. The first-order chi connectivity index (χ1) is 12.8. The van der Waals surface area contributed by atoms with Gasteiger partial charge in [-0.1, -0.05) is 0 Å². The van der Waals surface area contributed by atoms with Gasteiger partial charge in [0.2, 0.25) is 0 Å². The Hall–Kier alpha value is -2.32. The van der Waals surface area contributed by atoms with E-state index >= 15 is 0 Å². The number of hydrogen-bond acceptors (Lipinski definition) is 8. The third-order valence-corrected chi connectivity index (χ3v) is 6.21. The molecule has 0 atom stereocenters. The van der Waals surface area contributed by atoms with Crippen molar-refractivity contribution in [3.05, 3.63) is 23.2 Å². The summed E-state index contributed by atoms with van der Waals surface area (Å²) in [5.74, 6) is 0.702. The molecule has 2 saturated heterocycles. The summed E-state index contributed by atoms with van der Waals surface area (Å²) in [6, 6.07) is 4.01. The quantitative estimate of drug-likeness (QED) is 0.640. The number of carbonyl (C=O) groups is 1. The van der Waals surface area contributed by atoms with Crippen molar-refractivity contribution in [2.75, 3.05) is 37.6 Å². The fourth-order valence-corrected chi connectivity index (χ4v) is 4.64. The van der Waals surface area contributed by atoms with Gasteiger partial charge in [0.25, 0.3) is 0 Å². The number of nitrogens with zero attached hydrogens (tertiary/aromatic N) is 5. The molecule has 3 aromatic rings. The third-order valence-electron chi connectivity index (χ3n) is 5.24. The van der Waals surface area contributed by atoms with Crippen molar-refractivity contribution >= 4 is 34.3 Å². The van der Waals surface area contributed by atoms with E-state index in [9.17, 15) is 4.79 Å². The van der Waals surface area contributed by atoms with Gasteiger partial charge in [0.1, 0.15) is 10.5 Å². The summed E-state index contributed by atoms with van der Waals surface area (Å²) in [6.07, 6.45) is 5.10. The molecule has 0 N–H and O–H groups in total. The van der Waals surface area contributed by atoms with Gasteiger partial charge in [0.15, 0.2) is 11.8 Å². The van der Waals surface area contributed by atoms with Gasteiger partial charge >= 0.3 is 0 Å². The zero-order valence-corrected chi connectivity index (χ0v) is 15.1. The lowest BCUT2D eigenvalue weighted by molar-refractivity contribution is 0.112. The van der Waals surface area contributed by atoms with E-state index in [1.165, 1.54) is 43.8 Å². The normalized spacial score (nSPS) is 18.5. The van der Waals surface area contributed by atoms with Crippen molar-refractivity contribution in [2.24, 2.45) is 5.92 Å². The number of anilines is 1. The predicted molar refractivity (Wildman–Crippen MR) is 99.7 cm³/mol. The van der Waals surface area contributed by atoms with Gasteiger partial charge in [-0.15, -0.1) is 11.3 Å². The highest BCUT2D eigenvalue weighted by molar-refractivity contribution is 7.16. The molecule has 8 heteroatoms. The summed E-state index contributed by atoms with van der Waals surface area (Å²) in [6.45, 7) is 5.73. The first-order valence-corrected chi connectivity index (χ1v) is 9.77. The minimum absolute atomic E-state index is 0.620. The van der Waals surface area contributed by atoms with Gasteiger partial charge in [-0.25, -0.2) is 9.61 Å². The van der Waals surface area contributed by atoms with Crippen LogP contribution in [0.1, 0.15) is 22.5 Å². The molecule has 26 heavy (non-hydrogen) atoms. The fraction of sp³-hybridized carbons (Fsp3) is 0.444. The Morgan fingerprint density at radius 3 is 2.85 bits per heavy atom. The van der Waals surface area contributed by atoms with Crippen LogP contribution in [0.4, 0.5) is 5.69 Å². The molecule has 5 rings (SSSR count). The van der Waals surface area contributed by atoms with Crippen LogP contribution in [0, 0.1) is 5.92 Å². The Bertz CT molecular complexity index is 940. The summed E-state index contributed by atoms with van der Waals surface area (Å²) in [5.41, 5.74) is 3.51. The SMILES string of the molecule is O=Cc1cnc(-c2cc(N3CC(CN4CCCC4)C3)c3nonc3c2)s1. The third kappa shape index (κ3) is 2.79. The molecule has 0 unspecified atom stereocenters. The lowest BCUT2D eigenvalue weighted by Gasteiger charge is -2.42. The van der Waals surface area contributed by atoms with Gasteiger partial charge in [-0.2, -0.15) is 0 Å². The number of rotatable bonds is 5. The maximum absolute atomic E-state index is 11.0. The minimum Gasteiger partial charge on any atom is -0.369 e. The Balaban J connectivity index is 1.40. The predicted octanol–water partition coefficient (Wildman–Crippen LogP) is 2.69. The number of benzene rings is 1. The number of aromatic nitrogens is 3. The zero-order chi connectivity index (χ0) is 17.5. The van der Waals surface area contributed by atoms with Crippen LogP contribution in [0.25, 0.3) is 21.6 Å². The number of likely N-dealkylation sites (tertiary alicyclic amines) is 1. The Morgan fingerprint density at radius 1 is 1.23 bits per heavy atom. The molecule has 0 radical (unpaired) electrons. The van der Waals surface area contributed by atoms with Crippen LogP contribution in [-0.4, -0.2) is 59.2 Å². The number of hydrogen-bond donors (Lipinski definition) is 0. The van der Waals surface area contributed by atoms with E-state index in [1.807, 2.05) is 6.07 Å². The van der Waals surface area contributed by atoms with Crippen molar-refractivity contribution in [3.63, 3.8) is 0 Å². The highest BCUT2D eigenvalue weighted by Crippen LogP contribution is 2.36. The molecule has 7 nitrogen and oxygen atoms in total. The molecule has 2 aliphatic rings. The Kier molecular flexibility index (Phi) is 3.94. The molecule has 4 heterocycles. The van der Waals surface area contributed by atoms with Crippen LogP contribution in [0.3, 0.4) is 0 Å². The van der Waals surface area contributed by atoms with Crippen LogP contribution >= 0.6 is 11.3 Å². The molecule has 0 bridgehead atoms. The van der Waals surface area contributed by atoms with Crippen LogP contribution < -0.4 is 4.90 Å². The lowest BCUT2D eigenvalue weighted by atomic mass is 9.97. The topological polar surface area (TPSA) is 75.4 Å². The van der Waals surface area contributed by atoms with E-state index in [1.54, 1.807) is 6.20 Å². The van der Waals surface area contributed by atoms with E-state index in [4.69, 9.17) is 4.63 Å². The highest BCUT2D eigenvalue weighted by atomic mass is 32.1. The highest BCUT2D eigenvalue weighted by Gasteiger charge is 2.31. The van der Waals surface area contributed by atoms with E-state index < -0.39 is 0 Å². The summed E-state index contributed by atoms with van der Waals surface area (Å²) in [4.78, 5) is 20.8. The molecular formula is C18H19N5O2S. The molecule has 0 amide bonds. The molecule has 134 valence electrons. The first-order valence-electron chi connectivity index (χ1n) is 8.95. The zero-order valence-electron chi connectivity index (χ0n) is 14.3. The van der Waals surface area contributed by atoms with Crippen molar-refractivity contribution in [2.45, 2.75) is 12.8 Å². The molecule has 1 aromatic carbocycles. The number of carbonyl (C=O) groups excluding carboxylic acids is 1. The second-order valence-electron chi connectivity index (χ2n) is 7.09. The van der Waals surface area contributed by atoms with Crippen LogP contribution in [0.5, 0.6) is 0 Å². The first kappa shape index (κ1) is 15.9. The minimum atomic E-state index is 0.620. The van der Waals surface area contributed by atoms with Gasteiger partial charge in [-0.05, 0) is 48.4 Å². The van der Waals surface area contributed by atoms with Gasteiger partial charge < -0.3 is 9.80 Å². The molecule has 2 fully saturated rings. The van der Waals surface area contributed by atoms with Crippen molar-refractivity contribution in [3.8, 4) is 10.6 Å². The molecule has 0 spiro atoms. The summed E-state index contributed by atoms with van der Waals surface area (Å²) >= 11 is 1.38. The smallest absolute Gasteiger partial charge is 0.161 e. The maximum Gasteiger partial charge on any atom is 0.161 e. The van der Waals surface area contributed by atoms with Gasteiger partial charge in [0.05, 0.1) is 10.6 Å². The number of thiazole rings is 1. The molecule has 2 aliphatic heterocycles. The van der Waals surface area contributed by atoms with E-state index in [0.717, 1.165) is 46.7 Å². The number of fused-ring (bicyclic) bond motifs is 1. The largest absolute Gasteiger partial charge is 0.369 e. The van der Waals surface area contributed by atoms with Gasteiger partial charge in [0, 0.05) is 37.3 Å². The van der Waals surface area contributed by atoms with Crippen LogP contribution in [0.2, 0.25) is 0 Å². The van der Waals surface area contributed by atoms with E-state index in [-0.39, 0.29) is 0 Å². The maximum atomic E-state index is 11.0. The molecule has 0 aliphatic carbocycles. The van der Waals surface area contributed by atoms with Gasteiger partial charge in [-0.3, -0.25) is 4.79 Å². The standard InChI is InChI=1S/C18H19N5O2S/c24-11-14-7-19-18(26-14)13-5-15-17(21-25-20-15)16(6-13)23-9-12(10-23)8-22-3-1-2-4-22/h5-7,11-12H,1-4,8-10H2. The summed E-state index contributed by atoms with van der Waals surface area (Å²) < 4.78 is 4.97. The van der Waals surface area contributed by atoms with Crippen molar-refractivity contribution in [1.82, 2.24) is 20.2 Å². The number of aldehydes is 1. The van der Waals surface area contributed by atoms with Crippen LogP contribution in [0.15, 0.2) is 23.0 Å². The summed E-state index contributed by atoms with van der Waals surface area (Å²) in [5, 5.41) is 8.93. The average molecular weight is 369 g/mol.